The Morgan fingerprint density at radius 1 is 1.12 bits per heavy atom. The number of hydrogen-bond acceptors (Lipinski definition) is 5. The Morgan fingerprint density at radius 2 is 1.91 bits per heavy atom. The zero-order chi connectivity index (χ0) is 23.2. The minimum atomic E-state index is -4.77. The average molecular weight is 459 g/mol. The monoisotopic (exact) mass is 459 g/mol. The van der Waals surface area contributed by atoms with Crippen LogP contribution in [0.2, 0.25) is 0 Å². The fourth-order valence-corrected chi connectivity index (χ4v) is 4.16. The Hall–Kier alpha value is -3.40. The van der Waals surface area contributed by atoms with Crippen molar-refractivity contribution in [2.75, 3.05) is 36.5 Å². The fraction of sp³-hybridized carbons (Fsp3) is 0.304. The minimum Gasteiger partial charge on any atom is -0.378 e. The normalized spacial score (nSPS) is 15.8. The molecule has 172 valence electrons. The van der Waals surface area contributed by atoms with E-state index in [0.717, 1.165) is 35.7 Å². The van der Waals surface area contributed by atoms with E-state index in [1.807, 2.05) is 22.6 Å². The number of rotatable bonds is 4. The lowest BCUT2D eigenvalue weighted by Gasteiger charge is -2.29. The molecule has 2 aromatic heterocycles. The quantitative estimate of drug-likeness (QED) is 0.433. The van der Waals surface area contributed by atoms with E-state index in [-0.39, 0.29) is 5.56 Å². The summed E-state index contributed by atoms with van der Waals surface area (Å²) in [5.74, 6) is -0.436. The first-order valence-electron chi connectivity index (χ1n) is 10.5. The Bertz CT molecular complexity index is 1310. The van der Waals surface area contributed by atoms with Crippen LogP contribution in [0.3, 0.4) is 0 Å². The summed E-state index contributed by atoms with van der Waals surface area (Å²) in [4.78, 5) is 11.0. The molecule has 5 rings (SSSR count). The molecule has 2 aromatic carbocycles. The van der Waals surface area contributed by atoms with Crippen molar-refractivity contribution in [3.8, 4) is 0 Å². The molecule has 33 heavy (non-hydrogen) atoms. The Balaban J connectivity index is 1.58. The molecule has 1 N–H and O–H groups in total. The maximum Gasteiger partial charge on any atom is 0.419 e. The minimum absolute atomic E-state index is 0.0904. The summed E-state index contributed by atoms with van der Waals surface area (Å²) in [7, 11) is 0. The van der Waals surface area contributed by atoms with Crippen LogP contribution in [-0.4, -0.2) is 40.7 Å². The highest BCUT2D eigenvalue weighted by Crippen LogP contribution is 2.35. The summed E-state index contributed by atoms with van der Waals surface area (Å²) in [6.07, 6.45) is -1.36. The van der Waals surface area contributed by atoms with Gasteiger partial charge in [0.15, 0.2) is 0 Å². The smallest absolute Gasteiger partial charge is 0.378 e. The molecule has 1 aliphatic heterocycles. The number of imidazole rings is 1. The van der Waals surface area contributed by atoms with Crippen molar-refractivity contribution in [3.63, 3.8) is 0 Å². The average Bonchev–Trinajstić information content (AvgIpc) is 3.27. The first kappa shape index (κ1) is 21.4. The fourth-order valence-electron chi connectivity index (χ4n) is 4.16. The maximum absolute atomic E-state index is 14.7. The van der Waals surface area contributed by atoms with Gasteiger partial charge >= 0.3 is 6.18 Å². The van der Waals surface area contributed by atoms with Crippen LogP contribution in [-0.2, 0) is 10.9 Å². The van der Waals surface area contributed by atoms with E-state index in [9.17, 15) is 17.6 Å². The molecule has 1 aliphatic rings. The summed E-state index contributed by atoms with van der Waals surface area (Å²) >= 11 is 0. The summed E-state index contributed by atoms with van der Waals surface area (Å²) in [6.45, 7) is 4.37. The number of morpholine rings is 1. The van der Waals surface area contributed by atoms with Gasteiger partial charge in [0.05, 0.1) is 30.3 Å². The van der Waals surface area contributed by atoms with Crippen molar-refractivity contribution < 1.29 is 22.3 Å². The van der Waals surface area contributed by atoms with Gasteiger partial charge in [-0.15, -0.1) is 0 Å². The number of nitrogens with one attached hydrogen (secondary N) is 1. The van der Waals surface area contributed by atoms with Gasteiger partial charge in [0, 0.05) is 42.1 Å². The molecule has 1 fully saturated rings. The molecule has 0 aliphatic carbocycles. The van der Waals surface area contributed by atoms with Crippen LogP contribution in [0.15, 0.2) is 48.8 Å². The molecular weight excluding hydrogens is 438 g/mol. The third kappa shape index (κ3) is 3.95. The number of hydrogen-bond donors (Lipinski definition) is 1. The van der Waals surface area contributed by atoms with E-state index < -0.39 is 23.6 Å². The lowest BCUT2D eigenvalue weighted by Crippen LogP contribution is -2.36. The van der Waals surface area contributed by atoms with Crippen molar-refractivity contribution in [3.05, 3.63) is 65.7 Å². The number of benzene rings is 2. The number of ether oxygens (including phenoxy) is 1. The molecule has 4 aromatic rings. The topological polar surface area (TPSA) is 54.7 Å². The SMILES string of the molecule is CC(Nc1nc2nccn2c2ccc(N3CCOCC3)cc12)c1cccc(C(F)(F)F)c1F. The number of alkyl halides is 3. The van der Waals surface area contributed by atoms with Crippen LogP contribution in [0.25, 0.3) is 16.7 Å². The van der Waals surface area contributed by atoms with Crippen molar-refractivity contribution in [1.29, 1.82) is 0 Å². The second-order valence-electron chi connectivity index (χ2n) is 7.93. The largest absolute Gasteiger partial charge is 0.419 e. The van der Waals surface area contributed by atoms with E-state index >= 15 is 0 Å². The summed E-state index contributed by atoms with van der Waals surface area (Å²) in [6, 6.07) is 8.46. The predicted octanol–water partition coefficient (Wildman–Crippen LogP) is 5.05. The Kier molecular flexibility index (Phi) is 5.32. The zero-order valence-electron chi connectivity index (χ0n) is 17.7. The first-order valence-corrected chi connectivity index (χ1v) is 10.5. The maximum atomic E-state index is 14.7. The third-order valence-electron chi connectivity index (χ3n) is 5.86. The van der Waals surface area contributed by atoms with Gasteiger partial charge in [0.2, 0.25) is 5.78 Å². The summed E-state index contributed by atoms with van der Waals surface area (Å²) in [5, 5.41) is 3.87. The molecule has 0 spiro atoms. The van der Waals surface area contributed by atoms with Crippen molar-refractivity contribution in [1.82, 2.24) is 14.4 Å². The van der Waals surface area contributed by atoms with Gasteiger partial charge < -0.3 is 15.0 Å². The predicted molar refractivity (Wildman–Crippen MR) is 117 cm³/mol. The van der Waals surface area contributed by atoms with Gasteiger partial charge in [-0.3, -0.25) is 4.40 Å². The van der Waals surface area contributed by atoms with E-state index in [2.05, 4.69) is 20.2 Å². The van der Waals surface area contributed by atoms with Gasteiger partial charge in [-0.25, -0.2) is 9.37 Å². The van der Waals surface area contributed by atoms with Crippen LogP contribution < -0.4 is 10.2 Å². The second kappa shape index (κ2) is 8.18. The van der Waals surface area contributed by atoms with Crippen molar-refractivity contribution >= 4 is 28.2 Å². The zero-order valence-corrected chi connectivity index (χ0v) is 17.7. The highest BCUT2D eigenvalue weighted by Gasteiger charge is 2.35. The Labute approximate surface area is 186 Å². The highest BCUT2D eigenvalue weighted by atomic mass is 19.4. The number of aromatic nitrogens is 3. The van der Waals surface area contributed by atoms with Gasteiger partial charge in [-0.1, -0.05) is 12.1 Å². The highest BCUT2D eigenvalue weighted by molar-refractivity contribution is 5.93. The molecule has 1 saturated heterocycles. The van der Waals surface area contributed by atoms with Gasteiger partial charge in [0.1, 0.15) is 11.6 Å². The van der Waals surface area contributed by atoms with Gasteiger partial charge in [0.25, 0.3) is 0 Å². The van der Waals surface area contributed by atoms with Crippen LogP contribution in [0.5, 0.6) is 0 Å². The molecule has 0 bridgehead atoms. The van der Waals surface area contributed by atoms with E-state index in [1.165, 1.54) is 12.1 Å². The van der Waals surface area contributed by atoms with Crippen molar-refractivity contribution in [2.45, 2.75) is 19.1 Å². The third-order valence-corrected chi connectivity index (χ3v) is 5.86. The summed E-state index contributed by atoms with van der Waals surface area (Å²) < 4.78 is 61.6. The van der Waals surface area contributed by atoms with Crippen LogP contribution in [0.1, 0.15) is 24.1 Å². The molecule has 1 atom stereocenters. The van der Waals surface area contributed by atoms with Crippen LogP contribution >= 0.6 is 0 Å². The van der Waals surface area contributed by atoms with Gasteiger partial charge in [-0.05, 0) is 31.2 Å². The first-order chi connectivity index (χ1) is 15.8. The Morgan fingerprint density at radius 3 is 2.67 bits per heavy atom. The van der Waals surface area contributed by atoms with Crippen LogP contribution in [0.4, 0.5) is 29.1 Å². The lowest BCUT2D eigenvalue weighted by molar-refractivity contribution is -0.140. The summed E-state index contributed by atoms with van der Waals surface area (Å²) in [5.41, 5.74) is 0.429. The molecule has 10 heteroatoms. The molecule has 6 nitrogen and oxygen atoms in total. The molecule has 1 unspecified atom stereocenters. The second-order valence-corrected chi connectivity index (χ2v) is 7.93. The van der Waals surface area contributed by atoms with E-state index in [1.54, 1.807) is 19.3 Å². The number of anilines is 2. The number of fused-ring (bicyclic) bond motifs is 3. The molecule has 0 saturated carbocycles. The molecule has 0 radical (unpaired) electrons. The standard InChI is InChI=1S/C23H21F4N5O/c1-14(16-3-2-4-18(20(16)24)23(25,26)27)29-21-17-13-15(31-9-11-33-12-10-31)5-6-19(17)32-8-7-28-22(32)30-21/h2-8,13-14H,9-12H2,1H3,(H,28,29,30). The molecule has 3 heterocycles. The molecular formula is C23H21F4N5O. The van der Waals surface area contributed by atoms with Gasteiger partial charge in [-0.2, -0.15) is 18.2 Å². The number of nitrogens with zero attached hydrogens (tertiary/aromatic N) is 4. The van der Waals surface area contributed by atoms with E-state index in [0.29, 0.717) is 24.8 Å². The van der Waals surface area contributed by atoms with E-state index in [4.69, 9.17) is 4.74 Å². The molecule has 0 amide bonds. The van der Waals surface area contributed by atoms with Crippen molar-refractivity contribution in [2.24, 2.45) is 0 Å². The lowest BCUT2D eigenvalue weighted by atomic mass is 10.0. The number of halogens is 4. The van der Waals surface area contributed by atoms with Crippen LogP contribution in [0, 0.1) is 5.82 Å².